The van der Waals surface area contributed by atoms with Crippen LogP contribution in [0.1, 0.15) is 16.2 Å². The number of hydrazine groups is 1. The molecule has 0 atom stereocenters. The van der Waals surface area contributed by atoms with E-state index in [2.05, 4.69) is 4.98 Å². The molecule has 3 N–H and O–H groups in total. The first-order valence-corrected chi connectivity index (χ1v) is 7.01. The second-order valence-electron chi connectivity index (χ2n) is 3.85. The highest BCUT2D eigenvalue weighted by Crippen LogP contribution is 2.26. The number of rotatable bonds is 4. The van der Waals surface area contributed by atoms with E-state index in [1.165, 1.54) is 17.8 Å². The van der Waals surface area contributed by atoms with Gasteiger partial charge in [0.05, 0.1) is 10.7 Å². The number of amides is 1. The van der Waals surface area contributed by atoms with Gasteiger partial charge in [0.2, 0.25) is 0 Å². The van der Waals surface area contributed by atoms with Gasteiger partial charge in [0.15, 0.2) is 0 Å². The SMILES string of the molecule is NNC(=O)c1cccc(CSc2ccc(F)c(Cl)c2)n1. The molecular formula is C13H11ClFN3OS. The van der Waals surface area contributed by atoms with Crippen LogP contribution in [0.5, 0.6) is 0 Å². The predicted octanol–water partition coefficient (Wildman–Crippen LogP) is 2.77. The molecule has 0 unspecified atom stereocenters. The zero-order chi connectivity index (χ0) is 14.5. The van der Waals surface area contributed by atoms with Gasteiger partial charge in [0.1, 0.15) is 11.5 Å². The molecule has 1 aromatic heterocycles. The molecule has 0 aliphatic rings. The van der Waals surface area contributed by atoms with Gasteiger partial charge in [-0.15, -0.1) is 11.8 Å². The van der Waals surface area contributed by atoms with Crippen LogP contribution in [0.2, 0.25) is 5.02 Å². The maximum atomic E-state index is 13.0. The molecule has 0 fully saturated rings. The zero-order valence-corrected chi connectivity index (χ0v) is 11.8. The molecule has 104 valence electrons. The Kier molecular flexibility index (Phi) is 4.94. The van der Waals surface area contributed by atoms with E-state index in [0.717, 1.165) is 10.6 Å². The molecule has 2 rings (SSSR count). The van der Waals surface area contributed by atoms with E-state index >= 15 is 0 Å². The minimum atomic E-state index is -0.448. The van der Waals surface area contributed by atoms with Crippen molar-refractivity contribution in [2.75, 3.05) is 0 Å². The fraction of sp³-hybridized carbons (Fsp3) is 0.0769. The molecule has 1 amide bonds. The van der Waals surface area contributed by atoms with E-state index in [0.29, 0.717) is 5.75 Å². The van der Waals surface area contributed by atoms with E-state index in [9.17, 15) is 9.18 Å². The lowest BCUT2D eigenvalue weighted by Gasteiger charge is -2.04. The lowest BCUT2D eigenvalue weighted by atomic mass is 10.3. The Labute approximate surface area is 124 Å². The third kappa shape index (κ3) is 3.69. The number of aromatic nitrogens is 1. The topological polar surface area (TPSA) is 68.0 Å². The van der Waals surface area contributed by atoms with Crippen molar-refractivity contribution in [1.82, 2.24) is 10.4 Å². The fourth-order valence-electron chi connectivity index (χ4n) is 1.48. The molecule has 0 radical (unpaired) electrons. The average molecular weight is 312 g/mol. The maximum absolute atomic E-state index is 13.0. The van der Waals surface area contributed by atoms with E-state index in [-0.39, 0.29) is 10.7 Å². The standard InChI is InChI=1S/C13H11ClFN3OS/c14-10-6-9(4-5-11(10)15)20-7-8-2-1-3-12(17-8)13(19)18-16/h1-6H,7,16H2,(H,18,19). The second-order valence-corrected chi connectivity index (χ2v) is 5.31. The van der Waals surface area contributed by atoms with E-state index in [4.69, 9.17) is 17.4 Å². The lowest BCUT2D eigenvalue weighted by molar-refractivity contribution is 0.0948. The first-order chi connectivity index (χ1) is 9.60. The number of carbonyl (C=O) groups is 1. The molecular weight excluding hydrogens is 301 g/mol. The van der Waals surface area contributed by atoms with Gasteiger partial charge in [-0.05, 0) is 30.3 Å². The van der Waals surface area contributed by atoms with Crippen LogP contribution in [0.25, 0.3) is 0 Å². The summed E-state index contributed by atoms with van der Waals surface area (Å²) in [7, 11) is 0. The van der Waals surface area contributed by atoms with Crippen LogP contribution in [0.3, 0.4) is 0 Å². The molecule has 0 bridgehead atoms. The van der Waals surface area contributed by atoms with Crippen molar-refractivity contribution in [3.8, 4) is 0 Å². The fourth-order valence-corrected chi connectivity index (χ4v) is 2.57. The monoisotopic (exact) mass is 311 g/mol. The largest absolute Gasteiger partial charge is 0.289 e. The number of carbonyl (C=O) groups excluding carboxylic acids is 1. The highest BCUT2D eigenvalue weighted by molar-refractivity contribution is 7.98. The molecule has 2 aromatic rings. The van der Waals surface area contributed by atoms with Gasteiger partial charge in [-0.2, -0.15) is 0 Å². The summed E-state index contributed by atoms with van der Waals surface area (Å²) < 4.78 is 13.0. The number of thioether (sulfide) groups is 1. The number of nitrogen functional groups attached to an aromatic ring is 1. The molecule has 0 spiro atoms. The minimum absolute atomic E-state index is 0.0826. The van der Waals surface area contributed by atoms with Crippen molar-refractivity contribution < 1.29 is 9.18 Å². The number of halogens is 2. The van der Waals surface area contributed by atoms with Crippen LogP contribution in [0, 0.1) is 5.82 Å². The van der Waals surface area contributed by atoms with Crippen molar-refractivity contribution in [3.05, 3.63) is 58.6 Å². The van der Waals surface area contributed by atoms with Crippen LogP contribution in [-0.4, -0.2) is 10.9 Å². The zero-order valence-electron chi connectivity index (χ0n) is 10.3. The number of hydrogen-bond acceptors (Lipinski definition) is 4. The Morgan fingerprint density at radius 1 is 1.40 bits per heavy atom. The van der Waals surface area contributed by atoms with Gasteiger partial charge in [0, 0.05) is 10.6 Å². The number of nitrogens with two attached hydrogens (primary N) is 1. The summed E-state index contributed by atoms with van der Waals surface area (Å²) in [5, 5.41) is 0.0826. The third-order valence-electron chi connectivity index (χ3n) is 2.45. The highest BCUT2D eigenvalue weighted by Gasteiger charge is 2.07. The van der Waals surface area contributed by atoms with Gasteiger partial charge in [-0.1, -0.05) is 17.7 Å². The first-order valence-electron chi connectivity index (χ1n) is 5.65. The maximum Gasteiger partial charge on any atom is 0.283 e. The van der Waals surface area contributed by atoms with E-state index in [1.54, 1.807) is 30.3 Å². The second kappa shape index (κ2) is 6.69. The van der Waals surface area contributed by atoms with Gasteiger partial charge < -0.3 is 0 Å². The van der Waals surface area contributed by atoms with Crippen LogP contribution >= 0.6 is 23.4 Å². The summed E-state index contributed by atoms with van der Waals surface area (Å²) >= 11 is 7.16. The summed E-state index contributed by atoms with van der Waals surface area (Å²) in [5.74, 6) is 4.70. The molecule has 4 nitrogen and oxygen atoms in total. The summed E-state index contributed by atoms with van der Waals surface area (Å²) in [4.78, 5) is 16.4. The normalized spacial score (nSPS) is 10.3. The molecule has 0 saturated heterocycles. The number of pyridine rings is 1. The van der Waals surface area contributed by atoms with Crippen LogP contribution in [0.15, 0.2) is 41.3 Å². The molecule has 0 aliphatic heterocycles. The molecule has 0 aliphatic carbocycles. The van der Waals surface area contributed by atoms with Gasteiger partial charge in [-0.3, -0.25) is 10.2 Å². The Hall–Kier alpha value is -1.63. The number of nitrogens with one attached hydrogen (secondary N) is 1. The summed E-state index contributed by atoms with van der Waals surface area (Å²) in [6, 6.07) is 9.61. The molecule has 7 heteroatoms. The van der Waals surface area contributed by atoms with Crippen molar-refractivity contribution in [2.24, 2.45) is 5.84 Å². The van der Waals surface area contributed by atoms with E-state index < -0.39 is 11.7 Å². The third-order valence-corrected chi connectivity index (χ3v) is 3.77. The Balaban J connectivity index is 2.07. The number of nitrogens with zero attached hydrogens (tertiary/aromatic N) is 1. The smallest absolute Gasteiger partial charge is 0.283 e. The summed E-state index contributed by atoms with van der Waals surface area (Å²) in [5.41, 5.74) is 3.00. The lowest BCUT2D eigenvalue weighted by Crippen LogP contribution is -2.30. The summed E-state index contributed by atoms with van der Waals surface area (Å²) in [6.45, 7) is 0. The highest BCUT2D eigenvalue weighted by atomic mass is 35.5. The summed E-state index contributed by atoms with van der Waals surface area (Å²) in [6.07, 6.45) is 0. The van der Waals surface area contributed by atoms with Crippen molar-refractivity contribution in [1.29, 1.82) is 0 Å². The number of benzene rings is 1. The molecule has 1 heterocycles. The van der Waals surface area contributed by atoms with Gasteiger partial charge >= 0.3 is 0 Å². The minimum Gasteiger partial charge on any atom is -0.289 e. The van der Waals surface area contributed by atoms with Crippen molar-refractivity contribution in [3.63, 3.8) is 0 Å². The predicted molar refractivity (Wildman–Crippen MR) is 76.9 cm³/mol. The molecule has 1 aromatic carbocycles. The Bertz CT molecular complexity index is 639. The van der Waals surface area contributed by atoms with Crippen molar-refractivity contribution in [2.45, 2.75) is 10.6 Å². The van der Waals surface area contributed by atoms with Gasteiger partial charge in [0.25, 0.3) is 5.91 Å². The Morgan fingerprint density at radius 3 is 2.90 bits per heavy atom. The van der Waals surface area contributed by atoms with Crippen molar-refractivity contribution >= 4 is 29.3 Å². The Morgan fingerprint density at radius 2 is 2.20 bits per heavy atom. The van der Waals surface area contributed by atoms with Gasteiger partial charge in [-0.25, -0.2) is 15.2 Å². The van der Waals surface area contributed by atoms with Crippen LogP contribution in [0.4, 0.5) is 4.39 Å². The quantitative estimate of drug-likeness (QED) is 0.394. The average Bonchev–Trinajstić information content (AvgIpc) is 2.48. The van der Waals surface area contributed by atoms with Crippen LogP contribution < -0.4 is 11.3 Å². The first kappa shape index (κ1) is 14.8. The molecule has 20 heavy (non-hydrogen) atoms. The van der Waals surface area contributed by atoms with Crippen LogP contribution in [-0.2, 0) is 5.75 Å². The van der Waals surface area contributed by atoms with E-state index in [1.807, 2.05) is 5.43 Å². The number of hydrogen-bond donors (Lipinski definition) is 2. The molecule has 0 saturated carbocycles.